The molecule has 0 bridgehead atoms. The largest absolute Gasteiger partial charge is 0.469 e. The van der Waals surface area contributed by atoms with Gasteiger partial charge in [-0.1, -0.05) is 11.8 Å². The number of thioether (sulfide) groups is 1. The summed E-state index contributed by atoms with van der Waals surface area (Å²) in [7, 11) is 1.35. The molecule has 1 heterocycles. The molecule has 0 aliphatic carbocycles. The smallest absolute Gasteiger partial charge is 0.306 e. The Morgan fingerprint density at radius 2 is 2.17 bits per heavy atom. The minimum Gasteiger partial charge on any atom is -0.469 e. The Morgan fingerprint density at radius 1 is 1.50 bits per heavy atom. The molecule has 0 aromatic heterocycles. The Hall–Kier alpha value is -0.710. The molecule has 1 amide bonds. The normalized spacial score (nSPS) is 14.2. The molecular formula is C7H11NO3S. The number of rotatable bonds is 3. The summed E-state index contributed by atoms with van der Waals surface area (Å²) in [6.45, 7) is 1.73. The van der Waals surface area contributed by atoms with E-state index < -0.39 is 0 Å². The number of nitrogens with zero attached hydrogens (tertiary/aromatic N) is 1. The fraction of sp³-hybridized carbons (Fsp3) is 0.714. The summed E-state index contributed by atoms with van der Waals surface area (Å²) >= 11 is 1.18. The summed E-state index contributed by atoms with van der Waals surface area (Å²) in [5.74, 6) is 0.253. The minimum atomic E-state index is -0.263. The lowest BCUT2D eigenvalue weighted by Gasteiger charge is -1.99. The number of carbonyl (C=O) groups is 2. The summed E-state index contributed by atoms with van der Waals surface area (Å²) in [5, 5.41) is 0.0684. The lowest BCUT2D eigenvalue weighted by Crippen LogP contribution is -2.06. The molecule has 0 saturated carbocycles. The fourth-order valence-corrected chi connectivity index (χ4v) is 1.46. The van der Waals surface area contributed by atoms with Crippen LogP contribution in [0.3, 0.4) is 0 Å². The van der Waals surface area contributed by atoms with Crippen molar-refractivity contribution in [3.05, 3.63) is 0 Å². The average molecular weight is 189 g/mol. The molecule has 0 atom stereocenters. The Kier molecular flexibility index (Phi) is 3.40. The molecule has 1 rings (SSSR count). The monoisotopic (exact) mass is 189 g/mol. The Morgan fingerprint density at radius 3 is 2.67 bits per heavy atom. The highest BCUT2D eigenvalue weighted by atomic mass is 32.2. The Bertz CT molecular complexity index is 191. The third kappa shape index (κ3) is 3.13. The van der Waals surface area contributed by atoms with E-state index in [0.29, 0.717) is 12.2 Å². The van der Waals surface area contributed by atoms with Crippen LogP contribution in [0.2, 0.25) is 0 Å². The molecule has 0 N–H and O–H groups in total. The zero-order chi connectivity index (χ0) is 8.97. The summed E-state index contributed by atoms with van der Waals surface area (Å²) in [6.07, 6.45) is 0.306. The average Bonchev–Trinajstić information content (AvgIpc) is 2.86. The van der Waals surface area contributed by atoms with Crippen LogP contribution < -0.4 is 0 Å². The van der Waals surface area contributed by atoms with Crippen molar-refractivity contribution < 1.29 is 14.3 Å². The third-order valence-corrected chi connectivity index (χ3v) is 2.38. The molecule has 68 valence electrons. The Labute approximate surface area is 75.2 Å². The van der Waals surface area contributed by atoms with Gasteiger partial charge in [-0.25, -0.2) is 0 Å². The topological polar surface area (TPSA) is 46.4 Å². The van der Waals surface area contributed by atoms with E-state index in [4.69, 9.17) is 0 Å². The van der Waals surface area contributed by atoms with Crippen LogP contribution >= 0.6 is 11.8 Å². The first-order valence-corrected chi connectivity index (χ1v) is 4.71. The van der Waals surface area contributed by atoms with Crippen molar-refractivity contribution in [3.8, 4) is 0 Å². The van der Waals surface area contributed by atoms with Gasteiger partial charge in [0.15, 0.2) is 0 Å². The SMILES string of the molecule is COC(=O)CCSC(=O)N1CC1. The molecule has 0 radical (unpaired) electrons. The number of hydrogen-bond donors (Lipinski definition) is 0. The second kappa shape index (κ2) is 4.35. The van der Waals surface area contributed by atoms with Gasteiger partial charge in [-0.3, -0.25) is 9.59 Å². The molecule has 1 aliphatic heterocycles. The fourth-order valence-electron chi connectivity index (χ4n) is 0.648. The number of esters is 1. The van der Waals surface area contributed by atoms with Crippen LogP contribution in [0.5, 0.6) is 0 Å². The van der Waals surface area contributed by atoms with Crippen LogP contribution in [0.1, 0.15) is 6.42 Å². The van der Waals surface area contributed by atoms with Crippen molar-refractivity contribution in [2.24, 2.45) is 0 Å². The molecule has 0 unspecified atom stereocenters. The van der Waals surface area contributed by atoms with Crippen molar-refractivity contribution >= 4 is 23.0 Å². The maximum absolute atomic E-state index is 11.0. The highest BCUT2D eigenvalue weighted by Gasteiger charge is 2.23. The molecule has 1 aliphatic rings. The van der Waals surface area contributed by atoms with E-state index in [0.717, 1.165) is 13.1 Å². The van der Waals surface area contributed by atoms with Crippen LogP contribution in [0, 0.1) is 0 Å². The lowest BCUT2D eigenvalue weighted by molar-refractivity contribution is -0.140. The Balaban J connectivity index is 2.01. The number of ether oxygens (including phenoxy) is 1. The first-order valence-electron chi connectivity index (χ1n) is 3.72. The molecule has 1 saturated heterocycles. The zero-order valence-corrected chi connectivity index (χ0v) is 7.73. The van der Waals surface area contributed by atoms with Crippen LogP contribution in [0.15, 0.2) is 0 Å². The second-order valence-corrected chi connectivity index (χ2v) is 3.47. The summed E-state index contributed by atoms with van der Waals surface area (Å²) in [4.78, 5) is 23.4. The first-order chi connectivity index (χ1) is 5.74. The molecule has 1 fully saturated rings. The highest BCUT2D eigenvalue weighted by molar-refractivity contribution is 8.13. The van der Waals surface area contributed by atoms with E-state index in [9.17, 15) is 9.59 Å². The van der Waals surface area contributed by atoms with Crippen LogP contribution in [0.25, 0.3) is 0 Å². The van der Waals surface area contributed by atoms with E-state index in [1.54, 1.807) is 4.90 Å². The van der Waals surface area contributed by atoms with Gasteiger partial charge in [-0.05, 0) is 0 Å². The number of amides is 1. The predicted molar refractivity (Wildman–Crippen MR) is 46.1 cm³/mol. The molecule has 4 nitrogen and oxygen atoms in total. The van der Waals surface area contributed by atoms with Crippen molar-refractivity contribution in [1.82, 2.24) is 4.90 Å². The summed E-state index contributed by atoms with van der Waals surface area (Å²) in [5.41, 5.74) is 0. The van der Waals surface area contributed by atoms with E-state index in [1.165, 1.54) is 18.9 Å². The zero-order valence-electron chi connectivity index (χ0n) is 6.91. The van der Waals surface area contributed by atoms with E-state index in [2.05, 4.69) is 4.74 Å². The molecule has 0 aromatic carbocycles. The van der Waals surface area contributed by atoms with Crippen LogP contribution in [0.4, 0.5) is 4.79 Å². The van der Waals surface area contributed by atoms with E-state index >= 15 is 0 Å². The van der Waals surface area contributed by atoms with Crippen LogP contribution in [-0.4, -0.2) is 42.1 Å². The highest BCUT2D eigenvalue weighted by Crippen LogP contribution is 2.16. The van der Waals surface area contributed by atoms with Crippen molar-refractivity contribution in [2.45, 2.75) is 6.42 Å². The molecule has 0 spiro atoms. The van der Waals surface area contributed by atoms with Crippen molar-refractivity contribution in [2.75, 3.05) is 26.0 Å². The maximum Gasteiger partial charge on any atom is 0.306 e. The molecular weight excluding hydrogens is 178 g/mol. The number of hydrogen-bond acceptors (Lipinski definition) is 4. The summed E-state index contributed by atoms with van der Waals surface area (Å²) in [6, 6.07) is 0. The molecule has 12 heavy (non-hydrogen) atoms. The van der Waals surface area contributed by atoms with Gasteiger partial charge >= 0.3 is 5.97 Å². The van der Waals surface area contributed by atoms with E-state index in [-0.39, 0.29) is 11.2 Å². The summed E-state index contributed by atoms with van der Waals surface area (Å²) < 4.78 is 4.43. The van der Waals surface area contributed by atoms with Gasteiger partial charge in [-0.2, -0.15) is 0 Å². The van der Waals surface area contributed by atoms with Gasteiger partial charge in [0.25, 0.3) is 5.24 Å². The number of methoxy groups -OCH3 is 1. The molecule has 5 heteroatoms. The lowest BCUT2D eigenvalue weighted by atomic mass is 10.5. The van der Waals surface area contributed by atoms with E-state index in [1.807, 2.05) is 0 Å². The predicted octanol–water partition coefficient (Wildman–Crippen LogP) is 0.718. The standard InChI is InChI=1S/C7H11NO3S/c1-11-6(9)2-5-12-7(10)8-3-4-8/h2-5H2,1H3. The van der Waals surface area contributed by atoms with Gasteiger partial charge < -0.3 is 9.64 Å². The van der Waals surface area contributed by atoms with Crippen LogP contribution in [-0.2, 0) is 9.53 Å². The van der Waals surface area contributed by atoms with Gasteiger partial charge in [0, 0.05) is 18.8 Å². The third-order valence-electron chi connectivity index (χ3n) is 1.46. The maximum atomic E-state index is 11.0. The van der Waals surface area contributed by atoms with Gasteiger partial charge in [0.2, 0.25) is 0 Å². The van der Waals surface area contributed by atoms with Gasteiger partial charge in [0.1, 0.15) is 0 Å². The molecule has 0 aromatic rings. The first kappa shape index (κ1) is 9.38. The van der Waals surface area contributed by atoms with Gasteiger partial charge in [-0.15, -0.1) is 0 Å². The second-order valence-electron chi connectivity index (χ2n) is 2.43. The quantitative estimate of drug-likeness (QED) is 0.484. The van der Waals surface area contributed by atoms with Crippen molar-refractivity contribution in [3.63, 3.8) is 0 Å². The number of carbonyl (C=O) groups excluding carboxylic acids is 2. The van der Waals surface area contributed by atoms with Crippen molar-refractivity contribution in [1.29, 1.82) is 0 Å². The van der Waals surface area contributed by atoms with Gasteiger partial charge in [0.05, 0.1) is 13.5 Å². The minimum absolute atomic E-state index is 0.0684.